The Labute approximate surface area is 120 Å². The van der Waals surface area contributed by atoms with Crippen molar-refractivity contribution in [1.29, 1.82) is 0 Å². The molecule has 0 radical (unpaired) electrons. The molecule has 1 saturated heterocycles. The third kappa shape index (κ3) is 3.65. The lowest BCUT2D eigenvalue weighted by Gasteiger charge is -2.39. The van der Waals surface area contributed by atoms with Crippen molar-refractivity contribution in [1.82, 2.24) is 4.90 Å². The largest absolute Gasteiger partial charge is 0.497 e. The van der Waals surface area contributed by atoms with Crippen LogP contribution in [0.15, 0.2) is 24.3 Å². The minimum atomic E-state index is 0.113. The molecular weight excluding hydrogens is 256 g/mol. The van der Waals surface area contributed by atoms with Crippen LogP contribution in [-0.4, -0.2) is 42.1 Å². The molecule has 0 bridgehead atoms. The predicted octanol–water partition coefficient (Wildman–Crippen LogP) is 2.52. The molecule has 1 heterocycles. The van der Waals surface area contributed by atoms with Crippen molar-refractivity contribution in [3.63, 3.8) is 0 Å². The van der Waals surface area contributed by atoms with Crippen molar-refractivity contribution in [2.75, 3.05) is 26.0 Å². The zero-order valence-corrected chi connectivity index (χ0v) is 12.8. The fourth-order valence-corrected chi connectivity index (χ4v) is 3.81. The predicted molar refractivity (Wildman–Crippen MR) is 82.9 cm³/mol. The van der Waals surface area contributed by atoms with Gasteiger partial charge < -0.3 is 10.5 Å². The molecule has 2 rings (SSSR count). The fourth-order valence-electron chi connectivity index (χ4n) is 2.77. The molecule has 19 heavy (non-hydrogen) atoms. The van der Waals surface area contributed by atoms with Crippen LogP contribution in [0.3, 0.4) is 0 Å². The van der Waals surface area contributed by atoms with Crippen molar-refractivity contribution in [3.05, 3.63) is 29.8 Å². The number of hydrogen-bond acceptors (Lipinski definition) is 4. The first-order chi connectivity index (χ1) is 9.11. The van der Waals surface area contributed by atoms with E-state index in [0.717, 1.165) is 18.8 Å². The number of methoxy groups -OCH3 is 1. The summed E-state index contributed by atoms with van der Waals surface area (Å²) in [6.45, 7) is 6.60. The van der Waals surface area contributed by atoms with Gasteiger partial charge in [-0.15, -0.1) is 0 Å². The second-order valence-electron chi connectivity index (χ2n) is 5.26. The van der Waals surface area contributed by atoms with Crippen LogP contribution in [0.5, 0.6) is 5.75 Å². The van der Waals surface area contributed by atoms with E-state index in [1.807, 2.05) is 23.9 Å². The Bertz CT molecular complexity index is 411. The highest BCUT2D eigenvalue weighted by Gasteiger charge is 2.28. The van der Waals surface area contributed by atoms with Crippen molar-refractivity contribution in [3.8, 4) is 5.75 Å². The molecule has 0 aliphatic carbocycles. The minimum absolute atomic E-state index is 0.113. The molecule has 0 spiro atoms. The number of rotatable bonds is 4. The first-order valence-electron chi connectivity index (χ1n) is 6.87. The smallest absolute Gasteiger partial charge is 0.119 e. The van der Waals surface area contributed by atoms with Gasteiger partial charge in [0.05, 0.1) is 7.11 Å². The number of ether oxygens (including phenoxy) is 1. The summed E-state index contributed by atoms with van der Waals surface area (Å²) in [4.78, 5) is 2.51. The Morgan fingerprint density at radius 1 is 1.47 bits per heavy atom. The highest BCUT2D eigenvalue weighted by Crippen LogP contribution is 2.30. The van der Waals surface area contributed by atoms with Crippen molar-refractivity contribution >= 4 is 11.8 Å². The van der Waals surface area contributed by atoms with Crippen LogP contribution >= 0.6 is 11.8 Å². The monoisotopic (exact) mass is 280 g/mol. The van der Waals surface area contributed by atoms with Crippen molar-refractivity contribution in [2.45, 2.75) is 31.2 Å². The third-order valence-electron chi connectivity index (χ3n) is 3.60. The standard InChI is InChI=1S/C15H24N2OS/c1-11-10-17(7-8-19-11)15(12(2)16)13-5-4-6-14(9-13)18-3/h4-6,9,11-12,15H,7-8,10,16H2,1-3H3. The number of thioether (sulfide) groups is 1. The number of hydrogen-bond donors (Lipinski definition) is 1. The quantitative estimate of drug-likeness (QED) is 0.920. The highest BCUT2D eigenvalue weighted by molar-refractivity contribution is 7.99. The molecule has 0 aromatic heterocycles. The first-order valence-corrected chi connectivity index (χ1v) is 7.92. The molecule has 3 nitrogen and oxygen atoms in total. The second-order valence-corrected chi connectivity index (χ2v) is 6.80. The molecule has 1 aromatic rings. The molecule has 4 heteroatoms. The molecule has 3 atom stereocenters. The fraction of sp³-hybridized carbons (Fsp3) is 0.600. The van der Waals surface area contributed by atoms with Crippen LogP contribution in [0, 0.1) is 0 Å². The summed E-state index contributed by atoms with van der Waals surface area (Å²) in [5.41, 5.74) is 7.51. The lowest BCUT2D eigenvalue weighted by Crippen LogP contribution is -2.45. The molecule has 1 aliphatic rings. The molecule has 0 saturated carbocycles. The van der Waals surface area contributed by atoms with Crippen LogP contribution in [0.1, 0.15) is 25.5 Å². The van der Waals surface area contributed by atoms with Crippen molar-refractivity contribution in [2.24, 2.45) is 5.73 Å². The second kappa shape index (κ2) is 6.64. The van der Waals surface area contributed by atoms with Gasteiger partial charge in [0.2, 0.25) is 0 Å². The zero-order chi connectivity index (χ0) is 13.8. The maximum atomic E-state index is 6.25. The highest BCUT2D eigenvalue weighted by atomic mass is 32.2. The Balaban J connectivity index is 2.23. The summed E-state index contributed by atoms with van der Waals surface area (Å²) in [5, 5.41) is 0.681. The summed E-state index contributed by atoms with van der Waals surface area (Å²) in [5.74, 6) is 2.09. The Hall–Kier alpha value is -0.710. The van der Waals surface area contributed by atoms with Gasteiger partial charge in [0.25, 0.3) is 0 Å². The molecular formula is C15H24N2OS. The Kier molecular flexibility index (Phi) is 5.13. The van der Waals surface area contributed by atoms with Crippen LogP contribution in [-0.2, 0) is 0 Å². The van der Waals surface area contributed by atoms with E-state index in [4.69, 9.17) is 10.5 Å². The SMILES string of the molecule is COc1cccc(C(C(C)N)N2CCSC(C)C2)c1. The van der Waals surface area contributed by atoms with Gasteiger partial charge in [0.1, 0.15) is 5.75 Å². The van der Waals surface area contributed by atoms with E-state index < -0.39 is 0 Å². The van der Waals surface area contributed by atoms with Gasteiger partial charge in [-0.25, -0.2) is 0 Å². The lowest BCUT2D eigenvalue weighted by atomic mass is 9.98. The molecule has 1 aromatic carbocycles. The van der Waals surface area contributed by atoms with Crippen LogP contribution in [0.2, 0.25) is 0 Å². The van der Waals surface area contributed by atoms with Gasteiger partial charge >= 0.3 is 0 Å². The van der Waals surface area contributed by atoms with Gasteiger partial charge in [0, 0.05) is 36.2 Å². The first kappa shape index (κ1) is 14.7. The summed E-state index contributed by atoms with van der Waals surface area (Å²) >= 11 is 2.05. The third-order valence-corrected chi connectivity index (χ3v) is 4.74. The number of benzene rings is 1. The molecule has 0 amide bonds. The van der Waals surface area contributed by atoms with Gasteiger partial charge in [-0.2, -0.15) is 11.8 Å². The summed E-state index contributed by atoms with van der Waals surface area (Å²) in [6.07, 6.45) is 0. The van der Waals surface area contributed by atoms with E-state index in [1.54, 1.807) is 7.11 Å². The average molecular weight is 280 g/mol. The Morgan fingerprint density at radius 3 is 2.89 bits per heavy atom. The molecule has 1 fully saturated rings. The van der Waals surface area contributed by atoms with E-state index >= 15 is 0 Å². The zero-order valence-electron chi connectivity index (χ0n) is 12.0. The maximum Gasteiger partial charge on any atom is 0.119 e. The van der Waals surface area contributed by atoms with E-state index in [2.05, 4.69) is 30.9 Å². The topological polar surface area (TPSA) is 38.5 Å². The summed E-state index contributed by atoms with van der Waals surface area (Å²) in [6, 6.07) is 8.69. The van der Waals surface area contributed by atoms with E-state index in [1.165, 1.54) is 11.3 Å². The normalized spacial score (nSPS) is 23.9. The lowest BCUT2D eigenvalue weighted by molar-refractivity contribution is 0.184. The molecule has 1 aliphatic heterocycles. The molecule has 3 unspecified atom stereocenters. The number of nitrogens with two attached hydrogens (primary N) is 1. The average Bonchev–Trinajstić information content (AvgIpc) is 2.39. The van der Waals surface area contributed by atoms with E-state index in [9.17, 15) is 0 Å². The Morgan fingerprint density at radius 2 is 2.26 bits per heavy atom. The molecule has 2 N–H and O–H groups in total. The van der Waals surface area contributed by atoms with E-state index in [0.29, 0.717) is 5.25 Å². The summed E-state index contributed by atoms with van der Waals surface area (Å²) in [7, 11) is 1.71. The maximum absolute atomic E-state index is 6.25. The van der Waals surface area contributed by atoms with Gasteiger partial charge in [-0.05, 0) is 24.6 Å². The summed E-state index contributed by atoms with van der Waals surface area (Å²) < 4.78 is 5.33. The minimum Gasteiger partial charge on any atom is -0.497 e. The van der Waals surface area contributed by atoms with Gasteiger partial charge in [-0.3, -0.25) is 4.90 Å². The number of nitrogens with zero attached hydrogens (tertiary/aromatic N) is 1. The van der Waals surface area contributed by atoms with E-state index in [-0.39, 0.29) is 12.1 Å². The van der Waals surface area contributed by atoms with Crippen LogP contribution in [0.25, 0.3) is 0 Å². The van der Waals surface area contributed by atoms with Crippen LogP contribution in [0.4, 0.5) is 0 Å². The van der Waals surface area contributed by atoms with Crippen LogP contribution < -0.4 is 10.5 Å². The molecule has 106 valence electrons. The van der Waals surface area contributed by atoms with Gasteiger partial charge in [-0.1, -0.05) is 19.1 Å². The van der Waals surface area contributed by atoms with Gasteiger partial charge in [0.15, 0.2) is 0 Å². The van der Waals surface area contributed by atoms with Crippen molar-refractivity contribution < 1.29 is 4.74 Å².